The molecule has 0 spiro atoms. The summed E-state index contributed by atoms with van der Waals surface area (Å²) in [4.78, 5) is 13.3. The maximum absolute atomic E-state index is 10.9. The third-order valence-electron chi connectivity index (χ3n) is 2.86. The minimum absolute atomic E-state index is 0.109. The van der Waals surface area contributed by atoms with Crippen LogP contribution in [0.25, 0.3) is 0 Å². The number of esters is 1. The van der Waals surface area contributed by atoms with Crippen molar-refractivity contribution in [1.29, 1.82) is 0 Å². The molecule has 0 radical (unpaired) electrons. The first-order valence-corrected chi connectivity index (χ1v) is 5.54. The summed E-state index contributed by atoms with van der Waals surface area (Å²) in [6, 6.07) is 0. The van der Waals surface area contributed by atoms with Gasteiger partial charge in [0, 0.05) is 20.1 Å². The molecule has 1 rings (SSSR count). The van der Waals surface area contributed by atoms with E-state index in [1.165, 1.54) is 13.5 Å². The quantitative estimate of drug-likeness (QED) is 0.617. The number of nitrogens with zero attached hydrogens (tertiary/aromatic N) is 1. The lowest BCUT2D eigenvalue weighted by molar-refractivity contribution is -0.140. The third-order valence-corrected chi connectivity index (χ3v) is 2.86. The summed E-state index contributed by atoms with van der Waals surface area (Å²) in [6.07, 6.45) is 2.64. The second kappa shape index (κ2) is 6.80. The number of rotatable bonds is 6. The fourth-order valence-electron chi connectivity index (χ4n) is 2.04. The predicted octanol–water partition coefficient (Wildman–Crippen LogP) is 0.908. The SMILES string of the molecule is COCC1CCN(CCCC(=O)OC)C1. The Balaban J connectivity index is 2.06. The van der Waals surface area contributed by atoms with Crippen molar-refractivity contribution >= 4 is 5.97 Å². The Bertz CT molecular complexity index is 196. The number of ether oxygens (including phenoxy) is 2. The average Bonchev–Trinajstić information content (AvgIpc) is 2.66. The number of hydrogen-bond donors (Lipinski definition) is 0. The summed E-state index contributed by atoms with van der Waals surface area (Å²) in [7, 11) is 3.19. The second-order valence-corrected chi connectivity index (χ2v) is 4.09. The highest BCUT2D eigenvalue weighted by Crippen LogP contribution is 2.16. The van der Waals surface area contributed by atoms with Crippen LogP contribution in [0.4, 0.5) is 0 Å². The molecular formula is C11H21NO3. The van der Waals surface area contributed by atoms with E-state index in [1.54, 1.807) is 7.11 Å². The second-order valence-electron chi connectivity index (χ2n) is 4.09. The van der Waals surface area contributed by atoms with Gasteiger partial charge in [-0.15, -0.1) is 0 Å². The van der Waals surface area contributed by atoms with Gasteiger partial charge in [0.25, 0.3) is 0 Å². The summed E-state index contributed by atoms with van der Waals surface area (Å²) in [6.45, 7) is 4.09. The van der Waals surface area contributed by atoms with Crippen LogP contribution in [0.2, 0.25) is 0 Å². The number of methoxy groups -OCH3 is 2. The van der Waals surface area contributed by atoms with Gasteiger partial charge in [0.05, 0.1) is 13.7 Å². The van der Waals surface area contributed by atoms with E-state index in [9.17, 15) is 4.79 Å². The van der Waals surface area contributed by atoms with Crippen molar-refractivity contribution in [3.63, 3.8) is 0 Å². The molecule has 15 heavy (non-hydrogen) atoms. The van der Waals surface area contributed by atoms with Crippen LogP contribution in [0.3, 0.4) is 0 Å². The molecule has 0 amide bonds. The lowest BCUT2D eigenvalue weighted by Crippen LogP contribution is -2.23. The number of carbonyl (C=O) groups is 1. The van der Waals surface area contributed by atoms with Crippen LogP contribution >= 0.6 is 0 Å². The van der Waals surface area contributed by atoms with E-state index in [1.807, 2.05) is 0 Å². The van der Waals surface area contributed by atoms with Gasteiger partial charge in [-0.05, 0) is 31.8 Å². The van der Waals surface area contributed by atoms with Crippen LogP contribution in [0.15, 0.2) is 0 Å². The van der Waals surface area contributed by atoms with Gasteiger partial charge in [0.15, 0.2) is 0 Å². The molecule has 88 valence electrons. The van der Waals surface area contributed by atoms with Crippen molar-refractivity contribution in [2.75, 3.05) is 40.5 Å². The first kappa shape index (κ1) is 12.5. The van der Waals surface area contributed by atoms with Gasteiger partial charge in [-0.1, -0.05) is 0 Å². The number of likely N-dealkylation sites (tertiary alicyclic amines) is 1. The van der Waals surface area contributed by atoms with Gasteiger partial charge in [0.2, 0.25) is 0 Å². The Morgan fingerprint density at radius 1 is 1.47 bits per heavy atom. The van der Waals surface area contributed by atoms with Crippen molar-refractivity contribution in [2.24, 2.45) is 5.92 Å². The maximum Gasteiger partial charge on any atom is 0.305 e. The summed E-state index contributed by atoms with van der Waals surface area (Å²) in [5.74, 6) is 0.566. The number of hydrogen-bond acceptors (Lipinski definition) is 4. The van der Waals surface area contributed by atoms with Crippen LogP contribution in [0, 0.1) is 5.92 Å². The highest BCUT2D eigenvalue weighted by Gasteiger charge is 2.21. The predicted molar refractivity (Wildman–Crippen MR) is 57.7 cm³/mol. The standard InChI is InChI=1S/C11H21NO3/c1-14-9-10-5-7-12(8-10)6-3-4-11(13)15-2/h10H,3-9H2,1-2H3. The van der Waals surface area contributed by atoms with Crippen molar-refractivity contribution in [1.82, 2.24) is 4.90 Å². The lowest BCUT2D eigenvalue weighted by Gasteiger charge is -2.15. The molecule has 0 aliphatic carbocycles. The van der Waals surface area contributed by atoms with E-state index in [0.717, 1.165) is 32.7 Å². The lowest BCUT2D eigenvalue weighted by atomic mass is 10.1. The maximum atomic E-state index is 10.9. The van der Waals surface area contributed by atoms with E-state index in [0.29, 0.717) is 12.3 Å². The minimum atomic E-state index is -0.109. The van der Waals surface area contributed by atoms with Crippen LogP contribution in [0.5, 0.6) is 0 Å². The molecule has 1 heterocycles. The van der Waals surface area contributed by atoms with E-state index >= 15 is 0 Å². The average molecular weight is 215 g/mol. The van der Waals surface area contributed by atoms with Crippen molar-refractivity contribution in [2.45, 2.75) is 19.3 Å². The fourth-order valence-corrected chi connectivity index (χ4v) is 2.04. The van der Waals surface area contributed by atoms with E-state index in [4.69, 9.17) is 4.74 Å². The molecule has 0 N–H and O–H groups in total. The summed E-state index contributed by atoms with van der Waals surface area (Å²) >= 11 is 0. The Hall–Kier alpha value is -0.610. The summed E-state index contributed by atoms with van der Waals surface area (Å²) in [5.41, 5.74) is 0. The molecule has 4 nitrogen and oxygen atoms in total. The van der Waals surface area contributed by atoms with Crippen molar-refractivity contribution in [3.05, 3.63) is 0 Å². The number of carbonyl (C=O) groups excluding carboxylic acids is 1. The molecule has 1 aliphatic rings. The fraction of sp³-hybridized carbons (Fsp3) is 0.909. The zero-order chi connectivity index (χ0) is 11.1. The Morgan fingerprint density at radius 2 is 2.27 bits per heavy atom. The van der Waals surface area contributed by atoms with Gasteiger partial charge in [-0.3, -0.25) is 4.79 Å². The third kappa shape index (κ3) is 4.62. The van der Waals surface area contributed by atoms with Gasteiger partial charge < -0.3 is 14.4 Å². The highest BCUT2D eigenvalue weighted by atomic mass is 16.5. The largest absolute Gasteiger partial charge is 0.469 e. The van der Waals surface area contributed by atoms with Crippen LogP contribution in [-0.2, 0) is 14.3 Å². The monoisotopic (exact) mass is 215 g/mol. The van der Waals surface area contributed by atoms with E-state index in [-0.39, 0.29) is 5.97 Å². The Kier molecular flexibility index (Phi) is 5.65. The van der Waals surface area contributed by atoms with Gasteiger partial charge >= 0.3 is 5.97 Å². The van der Waals surface area contributed by atoms with Crippen molar-refractivity contribution < 1.29 is 14.3 Å². The molecule has 1 unspecified atom stereocenters. The van der Waals surface area contributed by atoms with Crippen molar-refractivity contribution in [3.8, 4) is 0 Å². The highest BCUT2D eigenvalue weighted by molar-refractivity contribution is 5.69. The van der Waals surface area contributed by atoms with Gasteiger partial charge in [-0.25, -0.2) is 0 Å². The van der Waals surface area contributed by atoms with Crippen LogP contribution in [0.1, 0.15) is 19.3 Å². The zero-order valence-electron chi connectivity index (χ0n) is 9.70. The van der Waals surface area contributed by atoms with Gasteiger partial charge in [-0.2, -0.15) is 0 Å². The van der Waals surface area contributed by atoms with Gasteiger partial charge in [0.1, 0.15) is 0 Å². The summed E-state index contributed by atoms with van der Waals surface area (Å²) < 4.78 is 9.73. The molecule has 0 aromatic heterocycles. The Labute approximate surface area is 91.5 Å². The molecule has 1 atom stereocenters. The molecule has 0 saturated carbocycles. The molecule has 4 heteroatoms. The molecule has 1 saturated heterocycles. The van der Waals surface area contributed by atoms with Crippen LogP contribution < -0.4 is 0 Å². The molecular weight excluding hydrogens is 194 g/mol. The normalized spacial score (nSPS) is 21.9. The molecule has 0 aromatic rings. The Morgan fingerprint density at radius 3 is 2.93 bits per heavy atom. The van der Waals surface area contributed by atoms with E-state index < -0.39 is 0 Å². The zero-order valence-corrected chi connectivity index (χ0v) is 9.70. The summed E-state index contributed by atoms with van der Waals surface area (Å²) in [5, 5.41) is 0. The molecule has 0 aromatic carbocycles. The first-order chi connectivity index (χ1) is 7.26. The minimum Gasteiger partial charge on any atom is -0.469 e. The topological polar surface area (TPSA) is 38.8 Å². The first-order valence-electron chi connectivity index (χ1n) is 5.54. The molecule has 0 bridgehead atoms. The van der Waals surface area contributed by atoms with Crippen LogP contribution in [-0.4, -0.2) is 51.3 Å². The molecule has 1 fully saturated rings. The van der Waals surface area contributed by atoms with E-state index in [2.05, 4.69) is 9.64 Å². The smallest absolute Gasteiger partial charge is 0.305 e. The molecule has 1 aliphatic heterocycles.